The van der Waals surface area contributed by atoms with Crippen LogP contribution in [0.3, 0.4) is 0 Å². The van der Waals surface area contributed by atoms with Crippen molar-refractivity contribution >= 4 is 35.6 Å². The van der Waals surface area contributed by atoms with Crippen molar-refractivity contribution < 1.29 is 9.47 Å². The van der Waals surface area contributed by atoms with Gasteiger partial charge in [-0.3, -0.25) is 4.99 Å². The number of hydrogen-bond acceptors (Lipinski definition) is 4. The van der Waals surface area contributed by atoms with E-state index in [1.807, 2.05) is 18.2 Å². The fourth-order valence-corrected chi connectivity index (χ4v) is 3.07. The molecule has 0 saturated carbocycles. The lowest BCUT2D eigenvalue weighted by Gasteiger charge is -2.17. The molecular formula is C18H31IN4O2. The Morgan fingerprint density at radius 3 is 2.68 bits per heavy atom. The minimum atomic E-state index is 0. The van der Waals surface area contributed by atoms with Crippen LogP contribution in [0.15, 0.2) is 23.2 Å². The van der Waals surface area contributed by atoms with Crippen molar-refractivity contribution in [2.24, 2.45) is 10.9 Å². The third-order valence-electron chi connectivity index (χ3n) is 4.34. The van der Waals surface area contributed by atoms with Crippen LogP contribution in [0.1, 0.15) is 19.8 Å². The van der Waals surface area contributed by atoms with Crippen LogP contribution in [-0.4, -0.2) is 58.3 Å². The van der Waals surface area contributed by atoms with Gasteiger partial charge in [0.1, 0.15) is 0 Å². The van der Waals surface area contributed by atoms with Crippen LogP contribution < -0.4 is 20.1 Å². The molecule has 1 aromatic carbocycles. The van der Waals surface area contributed by atoms with Crippen molar-refractivity contribution in [3.63, 3.8) is 0 Å². The van der Waals surface area contributed by atoms with Gasteiger partial charge in [0.05, 0.1) is 14.2 Å². The molecule has 0 amide bonds. The first-order valence-corrected chi connectivity index (χ1v) is 8.62. The molecule has 25 heavy (non-hydrogen) atoms. The molecule has 1 heterocycles. The highest BCUT2D eigenvalue weighted by atomic mass is 127. The standard InChI is InChI=1S/C18H30N4O2.HI/c1-5-9-22-10-8-14(13-22)12-20-18(19-2)21-15-6-7-16(23-3)17(11-15)24-4;/h6-7,11,14H,5,8-10,12-13H2,1-4H3,(H2,19,20,21);1H. The van der Waals surface area contributed by atoms with Crippen molar-refractivity contribution in [2.45, 2.75) is 19.8 Å². The number of halogens is 1. The van der Waals surface area contributed by atoms with Crippen LogP contribution >= 0.6 is 24.0 Å². The van der Waals surface area contributed by atoms with Crippen LogP contribution in [0, 0.1) is 5.92 Å². The molecule has 1 saturated heterocycles. The number of guanidine groups is 1. The van der Waals surface area contributed by atoms with Gasteiger partial charge in [-0.2, -0.15) is 0 Å². The van der Waals surface area contributed by atoms with Gasteiger partial charge >= 0.3 is 0 Å². The number of nitrogens with zero attached hydrogens (tertiary/aromatic N) is 2. The minimum Gasteiger partial charge on any atom is -0.493 e. The van der Waals surface area contributed by atoms with Crippen LogP contribution in [0.4, 0.5) is 5.69 Å². The molecule has 1 atom stereocenters. The minimum absolute atomic E-state index is 0. The van der Waals surface area contributed by atoms with E-state index in [9.17, 15) is 0 Å². The van der Waals surface area contributed by atoms with Crippen molar-refractivity contribution in [2.75, 3.05) is 52.8 Å². The Bertz CT molecular complexity index is 554. The second-order valence-electron chi connectivity index (χ2n) is 6.10. The van der Waals surface area contributed by atoms with E-state index in [0.717, 1.165) is 18.2 Å². The number of ether oxygens (including phenoxy) is 2. The van der Waals surface area contributed by atoms with Gasteiger partial charge in [0.25, 0.3) is 0 Å². The number of nitrogens with one attached hydrogen (secondary N) is 2. The molecule has 1 unspecified atom stereocenters. The molecule has 2 N–H and O–H groups in total. The monoisotopic (exact) mass is 462 g/mol. The Morgan fingerprint density at radius 2 is 2.04 bits per heavy atom. The normalized spacial score (nSPS) is 17.8. The largest absolute Gasteiger partial charge is 0.493 e. The summed E-state index contributed by atoms with van der Waals surface area (Å²) in [6.45, 7) is 6.76. The highest BCUT2D eigenvalue weighted by molar-refractivity contribution is 14.0. The SMILES string of the molecule is CCCN1CCC(CNC(=NC)Nc2ccc(OC)c(OC)c2)C1.I. The molecule has 6 nitrogen and oxygen atoms in total. The maximum absolute atomic E-state index is 5.34. The van der Waals surface area contributed by atoms with Gasteiger partial charge in [-0.1, -0.05) is 6.92 Å². The fourth-order valence-electron chi connectivity index (χ4n) is 3.07. The molecule has 1 aliphatic heterocycles. The predicted molar refractivity (Wildman–Crippen MR) is 115 cm³/mol. The molecule has 1 aromatic rings. The number of likely N-dealkylation sites (tertiary alicyclic amines) is 1. The van der Waals surface area contributed by atoms with E-state index < -0.39 is 0 Å². The number of hydrogen-bond donors (Lipinski definition) is 2. The van der Waals surface area contributed by atoms with Crippen LogP contribution in [0.25, 0.3) is 0 Å². The van der Waals surface area contributed by atoms with Crippen LogP contribution in [0.2, 0.25) is 0 Å². The van der Waals surface area contributed by atoms with Crippen molar-refractivity contribution in [1.29, 1.82) is 0 Å². The van der Waals surface area contributed by atoms with Crippen molar-refractivity contribution in [1.82, 2.24) is 10.2 Å². The predicted octanol–water partition coefficient (Wildman–Crippen LogP) is 3.04. The first-order chi connectivity index (χ1) is 11.7. The maximum Gasteiger partial charge on any atom is 0.195 e. The van der Waals surface area contributed by atoms with Crippen LogP contribution in [0.5, 0.6) is 11.5 Å². The summed E-state index contributed by atoms with van der Waals surface area (Å²) < 4.78 is 10.6. The Hall–Kier alpha value is -1.22. The summed E-state index contributed by atoms with van der Waals surface area (Å²) in [6.07, 6.45) is 2.48. The lowest BCUT2D eigenvalue weighted by atomic mass is 10.1. The molecule has 2 rings (SSSR count). The average Bonchev–Trinajstić information content (AvgIpc) is 3.06. The summed E-state index contributed by atoms with van der Waals surface area (Å²) in [5.41, 5.74) is 0.916. The fraction of sp³-hybridized carbons (Fsp3) is 0.611. The Labute approximate surface area is 168 Å². The highest BCUT2D eigenvalue weighted by Crippen LogP contribution is 2.29. The van der Waals surface area contributed by atoms with E-state index in [2.05, 4.69) is 27.4 Å². The molecule has 0 bridgehead atoms. The first kappa shape index (κ1) is 21.8. The van der Waals surface area contributed by atoms with Crippen molar-refractivity contribution in [3.05, 3.63) is 18.2 Å². The number of benzene rings is 1. The lowest BCUT2D eigenvalue weighted by Crippen LogP contribution is -2.35. The Balaban J connectivity index is 0.00000312. The molecule has 0 aliphatic carbocycles. The zero-order valence-corrected chi connectivity index (χ0v) is 18.0. The molecule has 0 spiro atoms. The molecular weight excluding hydrogens is 431 g/mol. The van der Waals surface area contributed by atoms with Gasteiger partial charge in [-0.25, -0.2) is 0 Å². The smallest absolute Gasteiger partial charge is 0.195 e. The van der Waals surface area contributed by atoms with E-state index in [4.69, 9.17) is 9.47 Å². The molecule has 1 aliphatic rings. The second kappa shape index (κ2) is 11.4. The van der Waals surface area contributed by atoms with Gasteiger partial charge in [0.15, 0.2) is 17.5 Å². The zero-order valence-electron chi connectivity index (χ0n) is 15.7. The molecule has 1 fully saturated rings. The molecule has 0 aromatic heterocycles. The Kier molecular flexibility index (Phi) is 9.96. The molecule has 142 valence electrons. The summed E-state index contributed by atoms with van der Waals surface area (Å²) in [6, 6.07) is 5.74. The van der Waals surface area contributed by atoms with Gasteiger partial charge in [-0.15, -0.1) is 24.0 Å². The number of anilines is 1. The number of aliphatic imine (C=N–C) groups is 1. The Morgan fingerprint density at radius 1 is 1.28 bits per heavy atom. The first-order valence-electron chi connectivity index (χ1n) is 8.62. The van der Waals surface area contributed by atoms with Gasteiger partial charge < -0.3 is 25.0 Å². The van der Waals surface area contributed by atoms with Crippen LogP contribution in [-0.2, 0) is 0 Å². The summed E-state index contributed by atoms with van der Waals surface area (Å²) in [5, 5.41) is 6.73. The number of rotatable bonds is 7. The third kappa shape index (κ3) is 6.54. The average molecular weight is 462 g/mol. The summed E-state index contributed by atoms with van der Waals surface area (Å²) >= 11 is 0. The summed E-state index contributed by atoms with van der Waals surface area (Å²) in [5.74, 6) is 2.87. The van der Waals surface area contributed by atoms with Gasteiger partial charge in [0.2, 0.25) is 0 Å². The third-order valence-corrected chi connectivity index (χ3v) is 4.34. The van der Waals surface area contributed by atoms with E-state index >= 15 is 0 Å². The van der Waals surface area contributed by atoms with Gasteiger partial charge in [-0.05, 0) is 44.0 Å². The highest BCUT2D eigenvalue weighted by Gasteiger charge is 2.21. The quantitative estimate of drug-likeness (QED) is 0.371. The van der Waals surface area contributed by atoms with Gasteiger partial charge in [0, 0.05) is 31.9 Å². The topological polar surface area (TPSA) is 58.1 Å². The molecule has 7 heteroatoms. The van der Waals surface area contributed by atoms with E-state index in [1.165, 1.54) is 32.5 Å². The van der Waals surface area contributed by atoms with Crippen molar-refractivity contribution in [3.8, 4) is 11.5 Å². The maximum atomic E-state index is 5.34. The lowest BCUT2D eigenvalue weighted by molar-refractivity contribution is 0.324. The zero-order chi connectivity index (χ0) is 17.4. The summed E-state index contributed by atoms with van der Waals surface area (Å²) in [4.78, 5) is 6.85. The summed E-state index contributed by atoms with van der Waals surface area (Å²) in [7, 11) is 5.06. The van der Waals surface area contributed by atoms with E-state index in [-0.39, 0.29) is 24.0 Å². The number of methoxy groups -OCH3 is 2. The van der Waals surface area contributed by atoms with E-state index in [0.29, 0.717) is 17.4 Å². The molecule has 0 radical (unpaired) electrons. The van der Waals surface area contributed by atoms with E-state index in [1.54, 1.807) is 21.3 Å². The second-order valence-corrected chi connectivity index (χ2v) is 6.10.